The second-order valence-corrected chi connectivity index (χ2v) is 19.9. The first-order valence-corrected chi connectivity index (χ1v) is 28.7. The Hall–Kier alpha value is -3.88. The molecule has 0 aromatic heterocycles. The number of phosphoric ester groups is 1. The topological polar surface area (TPSA) is 94.1 Å². The predicted molar refractivity (Wildman–Crippen MR) is 304 cm³/mol. The number of rotatable bonds is 48. The average molecular weight is 1000 g/mol. The highest BCUT2D eigenvalue weighted by molar-refractivity contribution is 7.45. The molecule has 0 N–H and O–H groups in total. The second kappa shape index (κ2) is 52.4. The minimum atomic E-state index is -4.56. The van der Waals surface area contributed by atoms with E-state index >= 15 is 0 Å². The quantitative estimate of drug-likeness (QED) is 0.0197. The predicted octanol–water partition coefficient (Wildman–Crippen LogP) is 16.8. The fourth-order valence-corrected chi connectivity index (χ4v) is 7.20. The Morgan fingerprint density at radius 3 is 1.15 bits per heavy atom. The molecule has 0 aromatic carbocycles. The van der Waals surface area contributed by atoms with E-state index in [0.717, 1.165) is 141 Å². The van der Waals surface area contributed by atoms with Gasteiger partial charge in [0, 0.05) is 13.0 Å². The van der Waals surface area contributed by atoms with Gasteiger partial charge >= 0.3 is 5.97 Å². The SMILES string of the molecule is CC/C=C\C/C=C\C/C=C\C/C=C\C/C=C\C/C=C\C/C=C\CCCCCC(=O)OC(COCCCCCCC/C=C\C/C=C\C/C=C\C/C=C\C/C=C\C/C=C\CC)COP(=O)([O-])OCC[N+](C)(C)C. The number of hydrogen-bond donors (Lipinski definition) is 0. The van der Waals surface area contributed by atoms with E-state index < -0.39 is 13.9 Å². The number of ether oxygens (including phenoxy) is 2. The van der Waals surface area contributed by atoms with E-state index in [1.54, 1.807) is 0 Å². The van der Waals surface area contributed by atoms with E-state index in [0.29, 0.717) is 24.1 Å². The Morgan fingerprint density at radius 1 is 0.437 bits per heavy atom. The molecule has 0 aliphatic heterocycles. The number of nitrogens with zero attached hydrogens (tertiary/aromatic N) is 1. The maximum absolute atomic E-state index is 12.8. The molecule has 0 radical (unpaired) electrons. The van der Waals surface area contributed by atoms with Crippen LogP contribution in [0.1, 0.15) is 168 Å². The summed E-state index contributed by atoms with van der Waals surface area (Å²) in [6.07, 6.45) is 79.9. The third-order valence-corrected chi connectivity index (χ3v) is 11.5. The zero-order chi connectivity index (χ0) is 51.9. The van der Waals surface area contributed by atoms with Crippen LogP contribution in [0.4, 0.5) is 0 Å². The first kappa shape index (κ1) is 67.1. The molecule has 0 bridgehead atoms. The summed E-state index contributed by atoms with van der Waals surface area (Å²) >= 11 is 0. The van der Waals surface area contributed by atoms with Gasteiger partial charge in [-0.2, -0.15) is 0 Å². The van der Waals surface area contributed by atoms with Crippen LogP contribution in [0.25, 0.3) is 0 Å². The number of esters is 1. The fourth-order valence-electron chi connectivity index (χ4n) is 6.47. The zero-order valence-electron chi connectivity index (χ0n) is 45.3. The standard InChI is InChI=1S/C62H100NO7P/c1-6-8-10-12-14-16-18-20-22-24-26-28-30-32-33-35-37-39-41-43-45-47-49-51-53-55-62(64)70-61(60-69-71(65,66)68-58-56-63(3,4)5)59-67-57-54-52-50-48-46-44-42-40-38-36-34-31-29-27-25-23-21-19-17-15-13-11-9-7-2/h8-11,14-17,20-23,26-29,32-34,36-37,39-40,42-43,45,61H,6-7,12-13,18-19,24-25,30-31,35,38,41,44,46-60H2,1-5H3/b10-8-,11-9-,16-14-,17-15-,22-20-,23-21-,28-26-,29-27-,33-32-,36-34-,39-37-,42-40-,45-43-. The number of unbranched alkanes of at least 4 members (excludes halogenated alkanes) is 8. The summed E-state index contributed by atoms with van der Waals surface area (Å²) in [6, 6.07) is 0. The van der Waals surface area contributed by atoms with Crippen molar-refractivity contribution >= 4 is 13.8 Å². The molecule has 0 amide bonds. The van der Waals surface area contributed by atoms with E-state index in [9.17, 15) is 14.3 Å². The zero-order valence-corrected chi connectivity index (χ0v) is 46.2. The third-order valence-electron chi connectivity index (χ3n) is 10.6. The van der Waals surface area contributed by atoms with Gasteiger partial charge in [0.2, 0.25) is 0 Å². The molecule has 8 nitrogen and oxygen atoms in total. The summed E-state index contributed by atoms with van der Waals surface area (Å²) < 4.78 is 34.7. The molecule has 2 unspecified atom stereocenters. The van der Waals surface area contributed by atoms with Gasteiger partial charge in [-0.05, 0) is 122 Å². The molecular formula is C62H100NO7P. The van der Waals surface area contributed by atoms with Gasteiger partial charge in [-0.15, -0.1) is 0 Å². The van der Waals surface area contributed by atoms with Crippen LogP contribution < -0.4 is 4.89 Å². The van der Waals surface area contributed by atoms with Crippen molar-refractivity contribution in [3.8, 4) is 0 Å². The normalized spacial score (nSPS) is 14.7. The van der Waals surface area contributed by atoms with E-state index in [1.807, 2.05) is 21.1 Å². The summed E-state index contributed by atoms with van der Waals surface area (Å²) in [6.45, 7) is 5.04. The third kappa shape index (κ3) is 56.9. The fraction of sp³-hybridized carbons (Fsp3) is 0.565. The largest absolute Gasteiger partial charge is 0.756 e. The van der Waals surface area contributed by atoms with Crippen LogP contribution in [0.15, 0.2) is 158 Å². The molecule has 9 heteroatoms. The summed E-state index contributed by atoms with van der Waals surface area (Å²) in [5.41, 5.74) is 0. The lowest BCUT2D eigenvalue weighted by atomic mass is 10.1. The monoisotopic (exact) mass is 1000 g/mol. The Kier molecular flexibility index (Phi) is 49.6. The molecule has 0 fully saturated rings. The first-order chi connectivity index (χ1) is 34.6. The Labute approximate surface area is 435 Å². The number of carbonyl (C=O) groups is 1. The Morgan fingerprint density at radius 2 is 0.775 bits per heavy atom. The molecule has 0 aliphatic rings. The smallest absolute Gasteiger partial charge is 0.306 e. The molecule has 0 heterocycles. The van der Waals surface area contributed by atoms with E-state index in [1.165, 1.54) is 0 Å². The van der Waals surface area contributed by atoms with Gasteiger partial charge in [0.05, 0.1) is 34.4 Å². The lowest BCUT2D eigenvalue weighted by molar-refractivity contribution is -0.870. The minimum absolute atomic E-state index is 0.00428. The summed E-state index contributed by atoms with van der Waals surface area (Å²) in [5, 5.41) is 0. The maximum atomic E-state index is 12.8. The number of hydrogen-bond acceptors (Lipinski definition) is 7. The van der Waals surface area contributed by atoms with Crippen LogP contribution in [0.2, 0.25) is 0 Å². The van der Waals surface area contributed by atoms with Gasteiger partial charge in [-0.3, -0.25) is 9.36 Å². The molecule has 2 atom stereocenters. The van der Waals surface area contributed by atoms with Gasteiger partial charge in [0.15, 0.2) is 0 Å². The van der Waals surface area contributed by atoms with Crippen LogP contribution in [0, 0.1) is 0 Å². The van der Waals surface area contributed by atoms with Crippen LogP contribution in [-0.2, 0) is 27.9 Å². The Balaban J connectivity index is 4.31. The molecule has 0 saturated carbocycles. The number of allylic oxidation sites excluding steroid dienone is 26. The number of phosphoric acid groups is 1. The van der Waals surface area contributed by atoms with E-state index in [2.05, 4.69) is 172 Å². The Bertz CT molecular complexity index is 1680. The van der Waals surface area contributed by atoms with Crippen LogP contribution in [0.3, 0.4) is 0 Å². The highest BCUT2D eigenvalue weighted by Crippen LogP contribution is 2.38. The van der Waals surface area contributed by atoms with Gasteiger partial charge in [0.25, 0.3) is 7.82 Å². The summed E-state index contributed by atoms with van der Waals surface area (Å²) in [7, 11) is 1.29. The first-order valence-electron chi connectivity index (χ1n) is 27.2. The molecular weight excluding hydrogens is 902 g/mol. The summed E-state index contributed by atoms with van der Waals surface area (Å²) in [5.74, 6) is -0.381. The maximum Gasteiger partial charge on any atom is 0.306 e. The second-order valence-electron chi connectivity index (χ2n) is 18.5. The van der Waals surface area contributed by atoms with Crippen LogP contribution in [-0.4, -0.2) is 70.7 Å². The van der Waals surface area contributed by atoms with Crippen molar-refractivity contribution in [2.24, 2.45) is 0 Å². The number of carbonyl (C=O) groups excluding carboxylic acids is 1. The van der Waals surface area contributed by atoms with Crippen molar-refractivity contribution in [3.63, 3.8) is 0 Å². The molecule has 400 valence electrons. The number of likely N-dealkylation sites (N-methyl/N-ethyl adjacent to an activating group) is 1. The molecule has 0 rings (SSSR count). The van der Waals surface area contributed by atoms with Gasteiger partial charge in [0.1, 0.15) is 19.3 Å². The minimum Gasteiger partial charge on any atom is -0.756 e. The highest BCUT2D eigenvalue weighted by Gasteiger charge is 2.20. The lowest BCUT2D eigenvalue weighted by Crippen LogP contribution is -2.37. The van der Waals surface area contributed by atoms with Crippen molar-refractivity contribution in [1.82, 2.24) is 0 Å². The summed E-state index contributed by atoms with van der Waals surface area (Å²) in [4.78, 5) is 25.2. The van der Waals surface area contributed by atoms with Crippen molar-refractivity contribution in [2.75, 3.05) is 54.1 Å². The van der Waals surface area contributed by atoms with Crippen molar-refractivity contribution in [1.29, 1.82) is 0 Å². The van der Waals surface area contributed by atoms with Gasteiger partial charge in [-0.25, -0.2) is 0 Å². The molecule has 0 spiro atoms. The highest BCUT2D eigenvalue weighted by atomic mass is 31.2. The van der Waals surface area contributed by atoms with Crippen LogP contribution in [0.5, 0.6) is 0 Å². The number of quaternary nitrogens is 1. The van der Waals surface area contributed by atoms with E-state index in [4.69, 9.17) is 18.5 Å². The molecule has 71 heavy (non-hydrogen) atoms. The van der Waals surface area contributed by atoms with Crippen LogP contribution >= 0.6 is 7.82 Å². The lowest BCUT2D eigenvalue weighted by Gasteiger charge is -2.28. The van der Waals surface area contributed by atoms with Crippen molar-refractivity contribution in [3.05, 3.63) is 158 Å². The van der Waals surface area contributed by atoms with Gasteiger partial charge in [-0.1, -0.05) is 198 Å². The van der Waals surface area contributed by atoms with E-state index in [-0.39, 0.29) is 32.2 Å². The van der Waals surface area contributed by atoms with Gasteiger partial charge < -0.3 is 27.9 Å². The average Bonchev–Trinajstić information content (AvgIpc) is 3.33. The van der Waals surface area contributed by atoms with Crippen molar-refractivity contribution in [2.45, 2.75) is 174 Å². The molecule has 0 aromatic rings. The molecule has 0 aliphatic carbocycles. The molecule has 0 saturated heterocycles. The van der Waals surface area contributed by atoms with Crippen molar-refractivity contribution < 1.29 is 37.3 Å².